The minimum absolute atomic E-state index is 0.0131. The lowest BCUT2D eigenvalue weighted by atomic mass is 10.1. The van der Waals surface area contributed by atoms with Gasteiger partial charge >= 0.3 is 0 Å². The predicted molar refractivity (Wildman–Crippen MR) is 164 cm³/mol. The van der Waals surface area contributed by atoms with Crippen LogP contribution in [-0.2, 0) is 26.2 Å². The van der Waals surface area contributed by atoms with Gasteiger partial charge in [-0.05, 0) is 73.9 Å². The largest absolute Gasteiger partial charge is 0.352 e. The molecule has 0 radical (unpaired) electrons. The quantitative estimate of drug-likeness (QED) is 0.234. The first-order valence-corrected chi connectivity index (χ1v) is 15.8. The van der Waals surface area contributed by atoms with Crippen LogP contribution >= 0.6 is 39.1 Å². The van der Waals surface area contributed by atoms with Crippen LogP contribution in [0.4, 0.5) is 5.69 Å². The molecule has 0 saturated heterocycles. The van der Waals surface area contributed by atoms with E-state index < -0.39 is 28.5 Å². The summed E-state index contributed by atoms with van der Waals surface area (Å²) >= 11 is 15.9. The van der Waals surface area contributed by atoms with Crippen LogP contribution in [0.1, 0.15) is 39.2 Å². The summed E-state index contributed by atoms with van der Waals surface area (Å²) < 4.78 is 29.4. The molecule has 3 aromatic carbocycles. The van der Waals surface area contributed by atoms with Crippen LogP contribution in [0.3, 0.4) is 0 Å². The Morgan fingerprint density at radius 2 is 1.60 bits per heavy atom. The molecule has 0 bridgehead atoms. The monoisotopic (exact) mass is 667 g/mol. The van der Waals surface area contributed by atoms with E-state index in [-0.39, 0.29) is 23.4 Å². The number of hydrogen-bond acceptors (Lipinski definition) is 4. The molecule has 214 valence electrons. The number of halogens is 3. The lowest BCUT2D eigenvalue weighted by molar-refractivity contribution is -0.140. The molecule has 0 unspecified atom stereocenters. The molecule has 0 fully saturated rings. The number of rotatable bonds is 12. The maximum Gasteiger partial charge on any atom is 0.264 e. The van der Waals surface area contributed by atoms with E-state index in [9.17, 15) is 18.0 Å². The number of sulfonamides is 1. The summed E-state index contributed by atoms with van der Waals surface area (Å²) in [6, 6.07) is 18.5. The van der Waals surface area contributed by atoms with E-state index in [1.54, 1.807) is 67.6 Å². The lowest BCUT2D eigenvalue weighted by Crippen LogP contribution is -2.53. The summed E-state index contributed by atoms with van der Waals surface area (Å²) in [5.41, 5.74) is 0.886. The van der Waals surface area contributed by atoms with Gasteiger partial charge in [0.1, 0.15) is 12.6 Å². The van der Waals surface area contributed by atoms with E-state index in [1.807, 2.05) is 13.8 Å². The molecular formula is C29H32BrCl2N3O4S. The Morgan fingerprint density at radius 3 is 2.17 bits per heavy atom. The Bertz CT molecular complexity index is 1420. The number of anilines is 1. The maximum atomic E-state index is 14.1. The van der Waals surface area contributed by atoms with Gasteiger partial charge in [0.05, 0.1) is 10.6 Å². The molecule has 0 aliphatic rings. The average molecular weight is 669 g/mol. The van der Waals surface area contributed by atoms with Crippen LogP contribution in [0.2, 0.25) is 10.0 Å². The second kappa shape index (κ2) is 14.3. The van der Waals surface area contributed by atoms with Crippen molar-refractivity contribution in [3.05, 3.63) is 92.9 Å². The zero-order chi connectivity index (χ0) is 29.4. The lowest BCUT2D eigenvalue weighted by Gasteiger charge is -2.34. The molecule has 0 heterocycles. The van der Waals surface area contributed by atoms with Crippen molar-refractivity contribution in [2.24, 2.45) is 0 Å². The van der Waals surface area contributed by atoms with Gasteiger partial charge in [0.15, 0.2) is 0 Å². The topological polar surface area (TPSA) is 86.8 Å². The summed E-state index contributed by atoms with van der Waals surface area (Å²) in [5.74, 6) is -0.879. The molecule has 0 aliphatic heterocycles. The van der Waals surface area contributed by atoms with Gasteiger partial charge < -0.3 is 10.2 Å². The zero-order valence-corrected chi connectivity index (χ0v) is 26.4. The number of benzene rings is 3. The second-order valence-corrected chi connectivity index (χ2v) is 12.9. The van der Waals surface area contributed by atoms with Crippen LogP contribution < -0.4 is 9.62 Å². The fourth-order valence-electron chi connectivity index (χ4n) is 4.05. The summed E-state index contributed by atoms with van der Waals surface area (Å²) in [6.07, 6.45) is 1.02. The summed E-state index contributed by atoms with van der Waals surface area (Å²) in [7, 11) is -4.13. The molecule has 0 aliphatic carbocycles. The third kappa shape index (κ3) is 8.00. The smallest absolute Gasteiger partial charge is 0.264 e. The Hall–Kier alpha value is -2.59. The van der Waals surface area contributed by atoms with Gasteiger partial charge in [0.2, 0.25) is 11.8 Å². The third-order valence-electron chi connectivity index (χ3n) is 6.47. The van der Waals surface area contributed by atoms with Gasteiger partial charge in [-0.1, -0.05) is 77.2 Å². The number of hydrogen-bond donors (Lipinski definition) is 1. The summed E-state index contributed by atoms with van der Waals surface area (Å²) in [4.78, 5) is 28.8. The van der Waals surface area contributed by atoms with Crippen LogP contribution in [0.5, 0.6) is 0 Å². The first kappa shape index (κ1) is 31.9. The zero-order valence-electron chi connectivity index (χ0n) is 22.5. The Labute approximate surface area is 254 Å². The molecule has 0 aromatic heterocycles. The van der Waals surface area contributed by atoms with Crippen LogP contribution in [0.15, 0.2) is 82.2 Å². The van der Waals surface area contributed by atoms with Crippen molar-refractivity contribution in [3.63, 3.8) is 0 Å². The molecule has 3 aromatic rings. The predicted octanol–water partition coefficient (Wildman–Crippen LogP) is 6.67. The standard InChI is InChI=1S/C29H32BrCl2N3O4S/c1-4-20(3)33-29(37)27(5-2)34(18-21-11-14-23(31)17-26(21)32)28(36)19-35(24-15-12-22(30)13-16-24)40(38,39)25-9-7-6-8-10-25/h6-17,20,27H,4-5,18-19H2,1-3H3,(H,33,37)/t20-,27-/m1/s1. The molecular weight excluding hydrogens is 637 g/mol. The number of nitrogens with one attached hydrogen (secondary N) is 1. The Morgan fingerprint density at radius 1 is 0.950 bits per heavy atom. The second-order valence-electron chi connectivity index (χ2n) is 9.30. The van der Waals surface area contributed by atoms with Crippen LogP contribution in [-0.4, -0.2) is 43.8 Å². The number of carbonyl (C=O) groups is 2. The number of carbonyl (C=O) groups excluding carboxylic acids is 2. The van der Waals surface area contributed by atoms with Crippen molar-refractivity contribution in [1.82, 2.24) is 10.2 Å². The Balaban J connectivity index is 2.07. The first-order chi connectivity index (χ1) is 19.0. The molecule has 11 heteroatoms. The van der Waals surface area contributed by atoms with Crippen LogP contribution in [0, 0.1) is 0 Å². The highest BCUT2D eigenvalue weighted by Gasteiger charge is 2.34. The molecule has 2 amide bonds. The fraction of sp³-hybridized carbons (Fsp3) is 0.310. The summed E-state index contributed by atoms with van der Waals surface area (Å²) in [6.45, 7) is 5.09. The highest BCUT2D eigenvalue weighted by molar-refractivity contribution is 9.10. The van der Waals surface area contributed by atoms with Crippen molar-refractivity contribution in [2.45, 2.75) is 57.1 Å². The fourth-order valence-corrected chi connectivity index (χ4v) is 6.22. The van der Waals surface area contributed by atoms with Gasteiger partial charge in [0.25, 0.3) is 10.0 Å². The highest BCUT2D eigenvalue weighted by Crippen LogP contribution is 2.27. The number of amides is 2. The van der Waals surface area contributed by atoms with Gasteiger partial charge in [-0.3, -0.25) is 13.9 Å². The van der Waals surface area contributed by atoms with Crippen molar-refractivity contribution in [3.8, 4) is 0 Å². The summed E-state index contributed by atoms with van der Waals surface area (Å²) in [5, 5.41) is 3.72. The molecule has 40 heavy (non-hydrogen) atoms. The maximum absolute atomic E-state index is 14.1. The Kier molecular flexibility index (Phi) is 11.5. The minimum atomic E-state index is -4.13. The highest BCUT2D eigenvalue weighted by atomic mass is 79.9. The molecule has 7 nitrogen and oxygen atoms in total. The van der Waals surface area contributed by atoms with E-state index >= 15 is 0 Å². The van der Waals surface area contributed by atoms with E-state index in [2.05, 4.69) is 21.2 Å². The molecule has 0 saturated carbocycles. The normalized spacial score (nSPS) is 12.8. The van der Waals surface area contributed by atoms with E-state index in [4.69, 9.17) is 23.2 Å². The van der Waals surface area contributed by atoms with Crippen molar-refractivity contribution >= 4 is 66.7 Å². The van der Waals surface area contributed by atoms with Crippen LogP contribution in [0.25, 0.3) is 0 Å². The minimum Gasteiger partial charge on any atom is -0.352 e. The molecule has 2 atom stereocenters. The average Bonchev–Trinajstić information content (AvgIpc) is 2.93. The van der Waals surface area contributed by atoms with E-state index in [1.165, 1.54) is 17.0 Å². The first-order valence-electron chi connectivity index (χ1n) is 12.8. The third-order valence-corrected chi connectivity index (χ3v) is 9.37. The van der Waals surface area contributed by atoms with Gasteiger partial charge in [-0.2, -0.15) is 0 Å². The van der Waals surface area contributed by atoms with Crippen molar-refractivity contribution < 1.29 is 18.0 Å². The SMILES string of the molecule is CC[C@@H](C)NC(=O)[C@@H](CC)N(Cc1ccc(Cl)cc1Cl)C(=O)CN(c1ccc(Br)cc1)S(=O)(=O)c1ccccc1. The van der Waals surface area contributed by atoms with E-state index in [0.29, 0.717) is 34.1 Å². The van der Waals surface area contributed by atoms with Gasteiger partial charge in [-0.15, -0.1) is 0 Å². The molecule has 1 N–H and O–H groups in total. The van der Waals surface area contributed by atoms with Gasteiger partial charge in [0, 0.05) is 27.1 Å². The molecule has 3 rings (SSSR count). The van der Waals surface area contributed by atoms with Crippen molar-refractivity contribution in [1.29, 1.82) is 0 Å². The molecule has 0 spiro atoms. The van der Waals surface area contributed by atoms with Crippen molar-refractivity contribution in [2.75, 3.05) is 10.8 Å². The van der Waals surface area contributed by atoms with E-state index in [0.717, 1.165) is 8.78 Å². The van der Waals surface area contributed by atoms with Gasteiger partial charge in [-0.25, -0.2) is 8.42 Å². The number of nitrogens with zero attached hydrogens (tertiary/aromatic N) is 2.